The summed E-state index contributed by atoms with van der Waals surface area (Å²) >= 11 is 0. The number of rotatable bonds is 5. The molecule has 2 aromatic carbocycles. The third kappa shape index (κ3) is 4.19. The van der Waals surface area contributed by atoms with E-state index >= 15 is 0 Å². The molecule has 3 rings (SSSR count). The van der Waals surface area contributed by atoms with Crippen LogP contribution >= 0.6 is 0 Å². The number of aryl methyl sites for hydroxylation is 1. The second-order valence-corrected chi connectivity index (χ2v) is 7.90. The number of methoxy groups -OCH3 is 1. The van der Waals surface area contributed by atoms with Crippen molar-refractivity contribution in [1.29, 1.82) is 0 Å². The van der Waals surface area contributed by atoms with Crippen molar-refractivity contribution in [2.75, 3.05) is 18.6 Å². The zero-order valence-corrected chi connectivity index (χ0v) is 18.0. The Morgan fingerprint density at radius 3 is 2.66 bits per heavy atom. The molecule has 0 aromatic heterocycles. The normalized spacial score (nSPS) is 15.1. The number of ether oxygens (including phenoxy) is 1. The first kappa shape index (κ1) is 20.6. The van der Waals surface area contributed by atoms with E-state index in [-0.39, 0.29) is 11.4 Å². The van der Waals surface area contributed by atoms with Crippen LogP contribution in [0.15, 0.2) is 47.6 Å². The maximum atomic E-state index is 12.4. The lowest BCUT2D eigenvalue weighted by Crippen LogP contribution is -2.44. The monoisotopic (exact) mass is 391 g/mol. The van der Waals surface area contributed by atoms with Gasteiger partial charge in [-0.05, 0) is 75.6 Å². The number of anilines is 1. The molecule has 0 bridgehead atoms. The Balaban J connectivity index is 1.79. The molecule has 1 heterocycles. The molecule has 0 saturated carbocycles. The molecule has 29 heavy (non-hydrogen) atoms. The van der Waals surface area contributed by atoms with Crippen LogP contribution in [0, 0.1) is 6.92 Å². The molecule has 1 aliphatic heterocycles. The number of amides is 1. The van der Waals surface area contributed by atoms with Gasteiger partial charge in [-0.15, -0.1) is 0 Å². The third-order valence-corrected chi connectivity index (χ3v) is 5.30. The third-order valence-electron chi connectivity index (χ3n) is 5.30. The number of benzene rings is 2. The summed E-state index contributed by atoms with van der Waals surface area (Å²) in [6.07, 6.45) is 3.97. The first-order valence-corrected chi connectivity index (χ1v) is 9.86. The second-order valence-electron chi connectivity index (χ2n) is 7.90. The average Bonchev–Trinajstić information content (AvgIpc) is 2.67. The molecule has 1 amide bonds. The summed E-state index contributed by atoms with van der Waals surface area (Å²) in [4.78, 5) is 14.8. The lowest BCUT2D eigenvalue weighted by atomic mass is 9.88. The van der Waals surface area contributed by atoms with Gasteiger partial charge in [-0.2, -0.15) is 5.10 Å². The van der Waals surface area contributed by atoms with Gasteiger partial charge < -0.3 is 9.64 Å². The predicted octanol–water partition coefficient (Wildman–Crippen LogP) is 4.79. The molecule has 5 nitrogen and oxygen atoms in total. The minimum absolute atomic E-state index is 0.0114. The van der Waals surface area contributed by atoms with E-state index in [1.807, 2.05) is 25.1 Å². The van der Waals surface area contributed by atoms with Gasteiger partial charge in [-0.25, -0.2) is 5.43 Å². The lowest BCUT2D eigenvalue weighted by molar-refractivity contribution is 0.0952. The molecule has 0 atom stereocenters. The SMILES string of the molecule is CCN1c2ccc(/C=N\NC(=O)c3ccc(C)cc3OC)cc2C(C)=CC1(C)C. The van der Waals surface area contributed by atoms with Crippen molar-refractivity contribution in [1.82, 2.24) is 5.43 Å². The first-order valence-electron chi connectivity index (χ1n) is 9.86. The van der Waals surface area contributed by atoms with Gasteiger partial charge in [0.2, 0.25) is 0 Å². The fraction of sp³-hybridized carbons (Fsp3) is 0.333. The molecule has 0 spiro atoms. The maximum Gasteiger partial charge on any atom is 0.275 e. The molecule has 0 aliphatic carbocycles. The highest BCUT2D eigenvalue weighted by molar-refractivity contribution is 5.97. The molecule has 152 valence electrons. The minimum Gasteiger partial charge on any atom is -0.496 e. The van der Waals surface area contributed by atoms with Crippen LogP contribution in [-0.2, 0) is 0 Å². The highest BCUT2D eigenvalue weighted by Crippen LogP contribution is 2.38. The second kappa shape index (κ2) is 8.11. The summed E-state index contributed by atoms with van der Waals surface area (Å²) in [5.74, 6) is 0.237. The largest absolute Gasteiger partial charge is 0.496 e. The van der Waals surface area contributed by atoms with E-state index in [1.165, 1.54) is 16.8 Å². The topological polar surface area (TPSA) is 53.9 Å². The van der Waals surface area contributed by atoms with Crippen molar-refractivity contribution in [3.8, 4) is 5.75 Å². The summed E-state index contributed by atoms with van der Waals surface area (Å²) in [5, 5.41) is 4.14. The van der Waals surface area contributed by atoms with Crippen molar-refractivity contribution in [2.24, 2.45) is 5.10 Å². The smallest absolute Gasteiger partial charge is 0.275 e. The van der Waals surface area contributed by atoms with E-state index in [0.29, 0.717) is 11.3 Å². The number of likely N-dealkylation sites (N-methyl/N-ethyl adjacent to an activating group) is 1. The number of hydrogen-bond acceptors (Lipinski definition) is 4. The Kier molecular flexibility index (Phi) is 5.78. The van der Waals surface area contributed by atoms with Gasteiger partial charge in [-0.1, -0.05) is 18.2 Å². The molecule has 0 radical (unpaired) electrons. The lowest BCUT2D eigenvalue weighted by Gasteiger charge is -2.42. The van der Waals surface area contributed by atoms with Crippen molar-refractivity contribution in [2.45, 2.75) is 40.2 Å². The highest BCUT2D eigenvalue weighted by atomic mass is 16.5. The standard InChI is InChI=1S/C24H29N3O2/c1-7-27-21-11-9-18(13-20(21)17(3)14-24(27,4)5)15-25-26-23(28)19-10-8-16(2)12-22(19)29-6/h8-15H,7H2,1-6H3,(H,26,28)/b25-15-. The molecule has 0 fully saturated rings. The quantitative estimate of drug-likeness (QED) is 0.589. The number of nitrogens with zero attached hydrogens (tertiary/aromatic N) is 2. The molecular formula is C24H29N3O2. The number of hydrazone groups is 1. The minimum atomic E-state index is -0.300. The van der Waals surface area contributed by atoms with Crippen LogP contribution in [-0.4, -0.2) is 31.3 Å². The van der Waals surface area contributed by atoms with Gasteiger partial charge >= 0.3 is 0 Å². The molecule has 1 N–H and O–H groups in total. The van der Waals surface area contributed by atoms with E-state index in [4.69, 9.17) is 4.74 Å². The summed E-state index contributed by atoms with van der Waals surface area (Å²) in [7, 11) is 1.55. The number of carbonyl (C=O) groups is 1. The molecular weight excluding hydrogens is 362 g/mol. The number of hydrogen-bond donors (Lipinski definition) is 1. The van der Waals surface area contributed by atoms with E-state index in [9.17, 15) is 4.79 Å². The van der Waals surface area contributed by atoms with E-state index in [1.54, 1.807) is 19.4 Å². The van der Waals surface area contributed by atoms with E-state index in [0.717, 1.165) is 17.7 Å². The van der Waals surface area contributed by atoms with Gasteiger partial charge in [0.15, 0.2) is 0 Å². The molecule has 5 heteroatoms. The number of carbonyl (C=O) groups excluding carboxylic acids is 1. The summed E-state index contributed by atoms with van der Waals surface area (Å²) in [5.41, 5.74) is 8.67. The van der Waals surface area contributed by atoms with Gasteiger partial charge in [0.05, 0.1) is 24.4 Å². The van der Waals surface area contributed by atoms with Crippen molar-refractivity contribution < 1.29 is 9.53 Å². The average molecular weight is 392 g/mol. The van der Waals surface area contributed by atoms with Crippen LogP contribution in [0.3, 0.4) is 0 Å². The van der Waals surface area contributed by atoms with Crippen molar-refractivity contribution >= 4 is 23.4 Å². The van der Waals surface area contributed by atoms with Crippen LogP contribution < -0.4 is 15.1 Å². The Morgan fingerprint density at radius 1 is 1.21 bits per heavy atom. The van der Waals surface area contributed by atoms with Gasteiger partial charge in [0.1, 0.15) is 5.75 Å². The fourth-order valence-corrected chi connectivity index (χ4v) is 3.97. The molecule has 1 aliphatic rings. The van der Waals surface area contributed by atoms with Crippen LogP contribution in [0.2, 0.25) is 0 Å². The fourth-order valence-electron chi connectivity index (χ4n) is 3.97. The van der Waals surface area contributed by atoms with E-state index < -0.39 is 0 Å². The van der Waals surface area contributed by atoms with Gasteiger partial charge in [0, 0.05) is 17.8 Å². The van der Waals surface area contributed by atoms with Crippen molar-refractivity contribution in [3.63, 3.8) is 0 Å². The summed E-state index contributed by atoms with van der Waals surface area (Å²) in [6, 6.07) is 11.7. The first-order chi connectivity index (χ1) is 13.8. The number of nitrogens with one attached hydrogen (secondary N) is 1. The Morgan fingerprint density at radius 2 is 1.97 bits per heavy atom. The molecule has 2 aromatic rings. The van der Waals surface area contributed by atoms with E-state index in [2.05, 4.69) is 61.3 Å². The van der Waals surface area contributed by atoms with Crippen LogP contribution in [0.25, 0.3) is 5.57 Å². The molecule has 0 unspecified atom stereocenters. The predicted molar refractivity (Wildman–Crippen MR) is 120 cm³/mol. The number of fused-ring (bicyclic) bond motifs is 1. The van der Waals surface area contributed by atoms with Gasteiger partial charge in [0.25, 0.3) is 5.91 Å². The zero-order valence-electron chi connectivity index (χ0n) is 18.0. The van der Waals surface area contributed by atoms with Crippen LogP contribution in [0.5, 0.6) is 5.75 Å². The summed E-state index contributed by atoms with van der Waals surface area (Å²) in [6.45, 7) is 11.7. The Labute approximate surface area is 173 Å². The van der Waals surface area contributed by atoms with Crippen molar-refractivity contribution in [3.05, 3.63) is 64.7 Å². The number of allylic oxidation sites excluding steroid dienone is 1. The van der Waals surface area contributed by atoms with Crippen LogP contribution in [0.4, 0.5) is 5.69 Å². The maximum absolute atomic E-state index is 12.4. The molecule has 0 saturated heterocycles. The van der Waals surface area contributed by atoms with Crippen LogP contribution in [0.1, 0.15) is 54.7 Å². The zero-order chi connectivity index (χ0) is 21.2. The summed E-state index contributed by atoms with van der Waals surface area (Å²) < 4.78 is 5.30. The van der Waals surface area contributed by atoms with Gasteiger partial charge in [-0.3, -0.25) is 4.79 Å². The Hall–Kier alpha value is -3.08. The highest BCUT2D eigenvalue weighted by Gasteiger charge is 2.29. The Bertz CT molecular complexity index is 990.